The molecule has 0 spiro atoms. The Balaban J connectivity index is 1.68. The number of nitrogens with one attached hydrogen (secondary N) is 1. The zero-order valence-corrected chi connectivity index (χ0v) is 10.9. The summed E-state index contributed by atoms with van der Waals surface area (Å²) in [5.74, 6) is 1.69. The van der Waals surface area contributed by atoms with Crippen molar-refractivity contribution in [1.82, 2.24) is 14.9 Å². The van der Waals surface area contributed by atoms with Crippen LogP contribution in [0.5, 0.6) is 0 Å². The molecule has 2 heterocycles. The first-order valence-electron chi connectivity index (χ1n) is 6.55. The van der Waals surface area contributed by atoms with Crippen LogP contribution < -0.4 is 11.0 Å². The second kappa shape index (κ2) is 5.01. The maximum Gasteiger partial charge on any atom is 0.347 e. The second-order valence-corrected chi connectivity index (χ2v) is 5.06. The summed E-state index contributed by atoms with van der Waals surface area (Å²) in [6.07, 6.45) is 5.89. The normalized spacial score (nSPS) is 14.8. The van der Waals surface area contributed by atoms with Gasteiger partial charge in [0.2, 0.25) is 0 Å². The van der Waals surface area contributed by atoms with Gasteiger partial charge in [0, 0.05) is 18.4 Å². The smallest absolute Gasteiger partial charge is 0.347 e. The second-order valence-electron chi connectivity index (χ2n) is 5.06. The minimum atomic E-state index is -0.250. The van der Waals surface area contributed by atoms with Crippen LogP contribution in [0.1, 0.15) is 29.9 Å². The Kier molecular flexibility index (Phi) is 3.21. The summed E-state index contributed by atoms with van der Waals surface area (Å²) < 4.78 is 7.27. The molecule has 2 aromatic rings. The van der Waals surface area contributed by atoms with Gasteiger partial charge in [-0.15, -0.1) is 0 Å². The molecule has 100 valence electrons. The Bertz CT molecular complexity index is 626. The number of nitrogens with zero attached hydrogens (tertiary/aromatic N) is 2. The Morgan fingerprint density at radius 1 is 1.42 bits per heavy atom. The van der Waals surface area contributed by atoms with Crippen LogP contribution in [0.3, 0.4) is 0 Å². The van der Waals surface area contributed by atoms with E-state index in [4.69, 9.17) is 4.42 Å². The molecular formula is C14H17N3O2. The third-order valence-electron chi connectivity index (χ3n) is 3.17. The predicted octanol–water partition coefficient (Wildman–Crippen LogP) is 1.45. The Hall–Kier alpha value is -1.88. The highest BCUT2D eigenvalue weighted by Gasteiger charge is 2.20. The zero-order chi connectivity index (χ0) is 13.2. The summed E-state index contributed by atoms with van der Waals surface area (Å²) in [5.41, 5.74) is 0.710. The van der Waals surface area contributed by atoms with E-state index in [0.717, 1.165) is 23.6 Å². The van der Waals surface area contributed by atoms with Crippen LogP contribution in [-0.2, 0) is 13.1 Å². The van der Waals surface area contributed by atoms with Gasteiger partial charge in [0.1, 0.15) is 11.5 Å². The number of aromatic nitrogens is 2. The van der Waals surface area contributed by atoms with E-state index in [9.17, 15) is 4.79 Å². The molecule has 2 aromatic heterocycles. The maximum absolute atomic E-state index is 11.6. The van der Waals surface area contributed by atoms with Crippen LogP contribution in [0, 0.1) is 6.92 Å². The first-order chi connectivity index (χ1) is 9.20. The quantitative estimate of drug-likeness (QED) is 0.882. The van der Waals surface area contributed by atoms with Gasteiger partial charge in [-0.3, -0.25) is 4.57 Å². The number of hydrogen-bond acceptors (Lipinski definition) is 4. The van der Waals surface area contributed by atoms with Crippen LogP contribution in [-0.4, -0.2) is 15.6 Å². The molecule has 0 aliphatic heterocycles. The van der Waals surface area contributed by atoms with Crippen LogP contribution >= 0.6 is 0 Å². The molecule has 3 rings (SSSR count). The fourth-order valence-electron chi connectivity index (χ4n) is 1.98. The standard InChI is InChI=1S/C14H17N3O2/c1-10-6-16-14(18)17(8-10)9-13-5-4-12(19-13)7-15-11-2-3-11/h4-6,8,11,15H,2-3,7,9H2,1H3. The molecule has 1 saturated carbocycles. The number of rotatable bonds is 5. The number of furan rings is 1. The summed E-state index contributed by atoms with van der Waals surface area (Å²) in [5, 5.41) is 3.40. The van der Waals surface area contributed by atoms with E-state index >= 15 is 0 Å². The van der Waals surface area contributed by atoms with Crippen molar-refractivity contribution in [1.29, 1.82) is 0 Å². The van der Waals surface area contributed by atoms with Gasteiger partial charge in [-0.25, -0.2) is 9.78 Å². The fourth-order valence-corrected chi connectivity index (χ4v) is 1.98. The largest absolute Gasteiger partial charge is 0.463 e. The lowest BCUT2D eigenvalue weighted by Gasteiger charge is -2.03. The van der Waals surface area contributed by atoms with Gasteiger partial charge in [-0.2, -0.15) is 0 Å². The molecule has 0 aromatic carbocycles. The average molecular weight is 259 g/mol. The molecule has 0 radical (unpaired) electrons. The highest BCUT2D eigenvalue weighted by molar-refractivity contribution is 5.09. The van der Waals surface area contributed by atoms with E-state index in [1.54, 1.807) is 17.0 Å². The SMILES string of the molecule is Cc1cnc(=O)n(Cc2ccc(CNC3CC3)o2)c1. The summed E-state index contributed by atoms with van der Waals surface area (Å²) in [7, 11) is 0. The molecule has 5 heteroatoms. The van der Waals surface area contributed by atoms with Crippen molar-refractivity contribution < 1.29 is 4.42 Å². The first kappa shape index (κ1) is 12.2. The van der Waals surface area contributed by atoms with Gasteiger partial charge in [0.25, 0.3) is 0 Å². The van der Waals surface area contributed by atoms with E-state index in [1.165, 1.54) is 12.8 Å². The van der Waals surface area contributed by atoms with E-state index in [0.29, 0.717) is 12.6 Å². The molecule has 0 atom stereocenters. The summed E-state index contributed by atoms with van der Waals surface area (Å²) in [4.78, 5) is 15.4. The molecule has 0 unspecified atom stereocenters. The lowest BCUT2D eigenvalue weighted by molar-refractivity contribution is 0.433. The van der Waals surface area contributed by atoms with Gasteiger partial charge in [0.15, 0.2) is 0 Å². The van der Waals surface area contributed by atoms with Crippen molar-refractivity contribution in [3.8, 4) is 0 Å². The Morgan fingerprint density at radius 2 is 2.21 bits per heavy atom. The van der Waals surface area contributed by atoms with Gasteiger partial charge in [-0.05, 0) is 37.5 Å². The van der Waals surface area contributed by atoms with E-state index in [-0.39, 0.29) is 5.69 Å². The minimum Gasteiger partial charge on any atom is -0.463 e. The Labute approximate surface area is 111 Å². The molecule has 0 bridgehead atoms. The van der Waals surface area contributed by atoms with E-state index in [2.05, 4.69) is 10.3 Å². The van der Waals surface area contributed by atoms with Gasteiger partial charge in [-0.1, -0.05) is 0 Å². The Morgan fingerprint density at radius 3 is 3.00 bits per heavy atom. The third kappa shape index (κ3) is 3.12. The molecule has 1 aliphatic carbocycles. The van der Waals surface area contributed by atoms with Crippen molar-refractivity contribution in [2.75, 3.05) is 0 Å². The average Bonchev–Trinajstić information content (AvgIpc) is 3.12. The fraction of sp³-hybridized carbons (Fsp3) is 0.429. The zero-order valence-electron chi connectivity index (χ0n) is 10.9. The summed E-state index contributed by atoms with van der Waals surface area (Å²) >= 11 is 0. The predicted molar refractivity (Wildman–Crippen MR) is 70.9 cm³/mol. The number of aryl methyl sites for hydroxylation is 1. The summed E-state index contributed by atoms with van der Waals surface area (Å²) in [6, 6.07) is 4.54. The lowest BCUT2D eigenvalue weighted by atomic mass is 10.4. The van der Waals surface area contributed by atoms with Crippen LogP contribution in [0.25, 0.3) is 0 Å². The molecule has 0 amide bonds. The minimum absolute atomic E-state index is 0.250. The van der Waals surface area contributed by atoms with Crippen molar-refractivity contribution in [3.05, 3.63) is 52.1 Å². The van der Waals surface area contributed by atoms with Crippen molar-refractivity contribution in [2.45, 2.75) is 38.9 Å². The van der Waals surface area contributed by atoms with E-state index in [1.807, 2.05) is 19.1 Å². The van der Waals surface area contributed by atoms with Crippen molar-refractivity contribution in [3.63, 3.8) is 0 Å². The maximum atomic E-state index is 11.6. The molecule has 1 N–H and O–H groups in total. The third-order valence-corrected chi connectivity index (χ3v) is 3.17. The monoisotopic (exact) mass is 259 g/mol. The lowest BCUT2D eigenvalue weighted by Crippen LogP contribution is -2.22. The first-order valence-corrected chi connectivity index (χ1v) is 6.55. The molecular weight excluding hydrogens is 242 g/mol. The molecule has 1 aliphatic rings. The molecule has 19 heavy (non-hydrogen) atoms. The molecule has 0 saturated heterocycles. The molecule has 1 fully saturated rings. The topological polar surface area (TPSA) is 60.1 Å². The van der Waals surface area contributed by atoms with E-state index < -0.39 is 0 Å². The highest BCUT2D eigenvalue weighted by atomic mass is 16.3. The van der Waals surface area contributed by atoms with Gasteiger partial charge < -0.3 is 9.73 Å². The van der Waals surface area contributed by atoms with Crippen LogP contribution in [0.2, 0.25) is 0 Å². The van der Waals surface area contributed by atoms with Crippen molar-refractivity contribution >= 4 is 0 Å². The number of hydrogen-bond donors (Lipinski definition) is 1. The van der Waals surface area contributed by atoms with Gasteiger partial charge in [0.05, 0.1) is 13.1 Å². The summed E-state index contributed by atoms with van der Waals surface area (Å²) in [6.45, 7) is 3.10. The van der Waals surface area contributed by atoms with Crippen LogP contribution in [0.4, 0.5) is 0 Å². The van der Waals surface area contributed by atoms with Gasteiger partial charge >= 0.3 is 5.69 Å². The highest BCUT2D eigenvalue weighted by Crippen LogP contribution is 2.19. The van der Waals surface area contributed by atoms with Crippen LogP contribution in [0.15, 0.2) is 33.7 Å². The van der Waals surface area contributed by atoms with Crippen molar-refractivity contribution in [2.24, 2.45) is 0 Å². The molecule has 5 nitrogen and oxygen atoms in total.